The molecule has 0 aliphatic carbocycles. The van der Waals surface area contributed by atoms with E-state index in [1.54, 1.807) is 38.1 Å². The predicted molar refractivity (Wildman–Crippen MR) is 60.5 cm³/mol. The number of aliphatic hydroxyl groups excluding tert-OH is 1. The lowest BCUT2D eigenvalue weighted by Gasteiger charge is -2.23. The molecular weight excluding hydrogens is 206 g/mol. The molecule has 0 unspecified atom stereocenters. The van der Waals surface area contributed by atoms with Gasteiger partial charge in [0.05, 0.1) is 12.1 Å². The van der Waals surface area contributed by atoms with Crippen LogP contribution >= 0.6 is 0 Å². The van der Waals surface area contributed by atoms with E-state index in [4.69, 9.17) is 5.11 Å². The maximum absolute atomic E-state index is 11.7. The van der Waals surface area contributed by atoms with Crippen molar-refractivity contribution in [3.63, 3.8) is 0 Å². The van der Waals surface area contributed by atoms with Gasteiger partial charge in [0.2, 0.25) is 0 Å². The third-order valence-corrected chi connectivity index (χ3v) is 2.16. The van der Waals surface area contributed by atoms with Crippen molar-refractivity contribution >= 4 is 12.2 Å². The average Bonchev–Trinajstić information content (AvgIpc) is 2.28. The van der Waals surface area contributed by atoms with Gasteiger partial charge in [0.15, 0.2) is 0 Å². The molecule has 0 atom stereocenters. The zero-order chi connectivity index (χ0) is 12.2. The molecular formula is C12H15NO3. The first-order chi connectivity index (χ1) is 7.48. The van der Waals surface area contributed by atoms with E-state index < -0.39 is 5.54 Å². The van der Waals surface area contributed by atoms with Crippen LogP contribution in [0.2, 0.25) is 0 Å². The van der Waals surface area contributed by atoms with Crippen LogP contribution in [0.5, 0.6) is 0 Å². The Hall–Kier alpha value is -1.68. The third kappa shape index (κ3) is 3.17. The second-order valence-corrected chi connectivity index (χ2v) is 4.24. The van der Waals surface area contributed by atoms with Crippen molar-refractivity contribution in [1.82, 2.24) is 5.32 Å². The van der Waals surface area contributed by atoms with Crippen LogP contribution in [0.15, 0.2) is 24.3 Å². The van der Waals surface area contributed by atoms with Gasteiger partial charge in [0, 0.05) is 11.1 Å². The van der Waals surface area contributed by atoms with Crippen LogP contribution in [-0.2, 0) is 0 Å². The van der Waals surface area contributed by atoms with Crippen LogP contribution in [0, 0.1) is 0 Å². The average molecular weight is 221 g/mol. The van der Waals surface area contributed by atoms with Crippen molar-refractivity contribution in [1.29, 1.82) is 0 Å². The van der Waals surface area contributed by atoms with Gasteiger partial charge >= 0.3 is 0 Å². The zero-order valence-electron chi connectivity index (χ0n) is 9.36. The largest absolute Gasteiger partial charge is 0.394 e. The van der Waals surface area contributed by atoms with Crippen molar-refractivity contribution < 1.29 is 14.7 Å². The minimum Gasteiger partial charge on any atom is -0.394 e. The number of carbonyl (C=O) groups excluding carboxylic acids is 2. The molecule has 0 saturated heterocycles. The van der Waals surface area contributed by atoms with E-state index in [0.717, 1.165) is 6.29 Å². The highest BCUT2D eigenvalue weighted by Gasteiger charge is 2.19. The van der Waals surface area contributed by atoms with Gasteiger partial charge in [-0.1, -0.05) is 12.1 Å². The number of benzene rings is 1. The maximum atomic E-state index is 11.7. The van der Waals surface area contributed by atoms with Gasteiger partial charge < -0.3 is 10.4 Å². The Morgan fingerprint density at radius 1 is 1.38 bits per heavy atom. The molecule has 16 heavy (non-hydrogen) atoms. The molecule has 4 nitrogen and oxygen atoms in total. The van der Waals surface area contributed by atoms with E-state index in [0.29, 0.717) is 11.1 Å². The van der Waals surface area contributed by atoms with Crippen LogP contribution < -0.4 is 5.32 Å². The van der Waals surface area contributed by atoms with Gasteiger partial charge in [-0.3, -0.25) is 9.59 Å². The van der Waals surface area contributed by atoms with Crippen molar-refractivity contribution in [3.05, 3.63) is 35.4 Å². The molecule has 86 valence electrons. The Balaban J connectivity index is 2.77. The first kappa shape index (κ1) is 12.4. The fourth-order valence-corrected chi connectivity index (χ4v) is 1.13. The number of carbonyl (C=O) groups is 2. The summed E-state index contributed by atoms with van der Waals surface area (Å²) in [5, 5.41) is 11.7. The summed E-state index contributed by atoms with van der Waals surface area (Å²) < 4.78 is 0. The van der Waals surface area contributed by atoms with Gasteiger partial charge in [-0.2, -0.15) is 0 Å². The summed E-state index contributed by atoms with van der Waals surface area (Å²) in [6.07, 6.45) is 0.722. The summed E-state index contributed by atoms with van der Waals surface area (Å²) in [4.78, 5) is 22.1. The Morgan fingerprint density at radius 2 is 1.94 bits per heavy atom. The molecule has 0 saturated carbocycles. The molecule has 0 fully saturated rings. The van der Waals surface area contributed by atoms with E-state index in [9.17, 15) is 9.59 Å². The Labute approximate surface area is 94.3 Å². The van der Waals surface area contributed by atoms with Gasteiger partial charge in [-0.05, 0) is 26.0 Å². The molecule has 4 heteroatoms. The molecule has 1 aromatic carbocycles. The van der Waals surface area contributed by atoms with Crippen LogP contribution in [-0.4, -0.2) is 29.4 Å². The second-order valence-electron chi connectivity index (χ2n) is 4.24. The number of rotatable bonds is 4. The van der Waals surface area contributed by atoms with E-state index in [-0.39, 0.29) is 12.5 Å². The van der Waals surface area contributed by atoms with Gasteiger partial charge in [-0.25, -0.2) is 0 Å². The molecule has 0 aliphatic heterocycles. The zero-order valence-corrected chi connectivity index (χ0v) is 9.36. The Morgan fingerprint density at radius 3 is 2.38 bits per heavy atom. The summed E-state index contributed by atoms with van der Waals surface area (Å²) in [6.45, 7) is 3.32. The molecule has 1 rings (SSSR count). The highest BCUT2D eigenvalue weighted by atomic mass is 16.3. The fraction of sp³-hybridized carbons (Fsp3) is 0.333. The molecule has 1 aromatic rings. The molecule has 0 spiro atoms. The van der Waals surface area contributed by atoms with E-state index in [1.165, 1.54) is 0 Å². The van der Waals surface area contributed by atoms with E-state index >= 15 is 0 Å². The number of amides is 1. The third-order valence-electron chi connectivity index (χ3n) is 2.16. The quantitative estimate of drug-likeness (QED) is 0.745. The van der Waals surface area contributed by atoms with Gasteiger partial charge in [0.1, 0.15) is 6.29 Å². The molecule has 1 amide bonds. The summed E-state index contributed by atoms with van der Waals surface area (Å²) in [5.41, 5.74) is 0.338. The van der Waals surface area contributed by atoms with Crippen LogP contribution in [0.25, 0.3) is 0 Å². The second kappa shape index (κ2) is 4.90. The molecule has 0 radical (unpaired) electrons. The highest BCUT2D eigenvalue weighted by Crippen LogP contribution is 2.06. The number of aldehydes is 1. The van der Waals surface area contributed by atoms with Gasteiger partial charge in [0.25, 0.3) is 5.91 Å². The SMILES string of the molecule is CC(C)(CO)NC(=O)c1ccc(C=O)cc1. The lowest BCUT2D eigenvalue weighted by atomic mass is 10.1. The smallest absolute Gasteiger partial charge is 0.251 e. The first-order valence-corrected chi connectivity index (χ1v) is 4.97. The maximum Gasteiger partial charge on any atom is 0.251 e. The fourth-order valence-electron chi connectivity index (χ4n) is 1.13. The number of nitrogens with one attached hydrogen (secondary N) is 1. The van der Waals surface area contributed by atoms with Crippen LogP contribution in [0.3, 0.4) is 0 Å². The Bertz CT molecular complexity index is 382. The number of aliphatic hydroxyl groups is 1. The minimum atomic E-state index is -0.652. The van der Waals surface area contributed by atoms with Crippen LogP contribution in [0.4, 0.5) is 0 Å². The lowest BCUT2D eigenvalue weighted by Crippen LogP contribution is -2.46. The molecule has 2 N–H and O–H groups in total. The summed E-state index contributed by atoms with van der Waals surface area (Å²) in [7, 11) is 0. The summed E-state index contributed by atoms with van der Waals surface area (Å²) in [6, 6.07) is 6.31. The summed E-state index contributed by atoms with van der Waals surface area (Å²) in [5.74, 6) is -0.267. The predicted octanol–water partition coefficient (Wildman–Crippen LogP) is 1.000. The number of hydrogen-bond acceptors (Lipinski definition) is 3. The van der Waals surface area contributed by atoms with Crippen molar-refractivity contribution in [2.45, 2.75) is 19.4 Å². The molecule has 0 aliphatic rings. The van der Waals surface area contributed by atoms with Crippen LogP contribution in [0.1, 0.15) is 34.6 Å². The number of hydrogen-bond donors (Lipinski definition) is 2. The van der Waals surface area contributed by atoms with Crippen molar-refractivity contribution in [2.75, 3.05) is 6.61 Å². The van der Waals surface area contributed by atoms with Gasteiger partial charge in [-0.15, -0.1) is 0 Å². The standard InChI is InChI=1S/C12H15NO3/c1-12(2,8-15)13-11(16)10-5-3-9(7-14)4-6-10/h3-7,15H,8H2,1-2H3,(H,13,16). The lowest BCUT2D eigenvalue weighted by molar-refractivity contribution is 0.0869. The Kier molecular flexibility index (Phi) is 3.79. The molecule has 0 bridgehead atoms. The minimum absolute atomic E-state index is 0.134. The van der Waals surface area contributed by atoms with Crippen molar-refractivity contribution in [2.24, 2.45) is 0 Å². The topological polar surface area (TPSA) is 66.4 Å². The molecule has 0 heterocycles. The molecule has 0 aromatic heterocycles. The highest BCUT2D eigenvalue weighted by molar-refractivity contribution is 5.95. The normalized spacial score (nSPS) is 10.9. The summed E-state index contributed by atoms with van der Waals surface area (Å²) >= 11 is 0. The van der Waals surface area contributed by atoms with Crippen molar-refractivity contribution in [3.8, 4) is 0 Å². The van der Waals surface area contributed by atoms with E-state index in [1.807, 2.05) is 0 Å². The monoisotopic (exact) mass is 221 g/mol. The first-order valence-electron chi connectivity index (χ1n) is 4.97. The van der Waals surface area contributed by atoms with E-state index in [2.05, 4.69) is 5.32 Å².